The third kappa shape index (κ3) is 4.48. The number of rotatable bonds is 1. The van der Waals surface area contributed by atoms with Crippen LogP contribution in [0, 0.1) is 19.7 Å². The van der Waals surface area contributed by atoms with E-state index >= 15 is 0 Å². The van der Waals surface area contributed by atoms with Gasteiger partial charge in [-0.25, -0.2) is 4.39 Å². The number of fused-ring (bicyclic) bond motifs is 2. The molecule has 2 amide bonds. The summed E-state index contributed by atoms with van der Waals surface area (Å²) in [5, 5.41) is 7.13. The van der Waals surface area contributed by atoms with Gasteiger partial charge in [0.1, 0.15) is 11.2 Å². The number of hydrogen-bond acceptors (Lipinski definition) is 2. The number of carbonyl (C=O) groups is 2. The molecule has 1 spiro atoms. The second kappa shape index (κ2) is 9.16. The van der Waals surface area contributed by atoms with Gasteiger partial charge in [-0.1, -0.05) is 47.5 Å². The fourth-order valence-corrected chi connectivity index (χ4v) is 5.00. The van der Waals surface area contributed by atoms with E-state index in [4.69, 9.17) is 23.2 Å². The van der Waals surface area contributed by atoms with E-state index in [1.54, 1.807) is 18.2 Å². The van der Waals surface area contributed by atoms with E-state index in [9.17, 15) is 14.0 Å². The first-order valence-electron chi connectivity index (χ1n) is 10.6. The van der Waals surface area contributed by atoms with Gasteiger partial charge in [-0.15, -0.1) is 0 Å². The number of hydrogen-bond donors (Lipinski definition) is 2. The van der Waals surface area contributed by atoms with Crippen LogP contribution in [0.2, 0.25) is 10.0 Å². The smallest absolute Gasteiger partial charge is 0.237 e. The van der Waals surface area contributed by atoms with Crippen molar-refractivity contribution in [3.05, 3.63) is 98.8 Å². The van der Waals surface area contributed by atoms with Crippen LogP contribution in [-0.4, -0.2) is 11.8 Å². The molecule has 0 aromatic heterocycles. The topological polar surface area (TPSA) is 58.2 Å². The molecule has 1 fully saturated rings. The molecule has 0 unspecified atom stereocenters. The summed E-state index contributed by atoms with van der Waals surface area (Å²) < 4.78 is 13.9. The monoisotopic (exact) mass is 484 g/mol. The molecular weight excluding hydrogens is 462 g/mol. The summed E-state index contributed by atoms with van der Waals surface area (Å²) in [6.07, 6.45) is 0.597. The molecule has 3 aromatic carbocycles. The summed E-state index contributed by atoms with van der Waals surface area (Å²) in [7, 11) is 0. The van der Waals surface area contributed by atoms with Crippen LogP contribution in [0.3, 0.4) is 0 Å². The van der Waals surface area contributed by atoms with Gasteiger partial charge in [-0.05, 0) is 78.9 Å². The highest BCUT2D eigenvalue weighted by Crippen LogP contribution is 2.51. The number of aryl methyl sites for hydroxylation is 2. The predicted octanol–water partition coefficient (Wildman–Crippen LogP) is 6.28. The molecule has 2 aliphatic heterocycles. The maximum Gasteiger partial charge on any atom is 0.237 e. The normalized spacial score (nSPS) is 21.1. The van der Waals surface area contributed by atoms with E-state index < -0.39 is 17.3 Å². The number of amides is 2. The Morgan fingerprint density at radius 3 is 2.42 bits per heavy atom. The Labute approximate surface area is 202 Å². The molecular formula is C26H23Cl2FN2O2. The second-order valence-electron chi connectivity index (χ2n) is 8.42. The minimum Gasteiger partial charge on any atom is -0.348 e. The van der Waals surface area contributed by atoms with Gasteiger partial charge in [0.05, 0.1) is 6.04 Å². The van der Waals surface area contributed by atoms with Crippen molar-refractivity contribution in [1.82, 2.24) is 5.32 Å². The van der Waals surface area contributed by atoms with Crippen LogP contribution in [0.5, 0.6) is 0 Å². The van der Waals surface area contributed by atoms with Gasteiger partial charge < -0.3 is 10.6 Å². The van der Waals surface area contributed by atoms with Gasteiger partial charge in [-0.3, -0.25) is 9.59 Å². The average molecular weight is 485 g/mol. The van der Waals surface area contributed by atoms with Crippen LogP contribution in [0.15, 0.2) is 60.7 Å². The molecule has 0 aliphatic carbocycles. The van der Waals surface area contributed by atoms with E-state index in [1.165, 1.54) is 17.7 Å². The Bertz CT molecular complexity index is 1230. The van der Waals surface area contributed by atoms with Crippen LogP contribution >= 0.6 is 23.2 Å². The number of nitrogens with one attached hydrogen (secondary N) is 2. The molecule has 7 heteroatoms. The number of benzene rings is 3. The largest absolute Gasteiger partial charge is 0.348 e. The number of piperidine rings is 1. The van der Waals surface area contributed by atoms with Crippen molar-refractivity contribution >= 4 is 40.7 Å². The van der Waals surface area contributed by atoms with Gasteiger partial charge in [-0.2, -0.15) is 0 Å². The SMILES string of the molecule is Cc1ccc(F)cc1[C@H]1NC(=O)CC[C@]12C(=O)Nc1cc(Cl)ccc12.Cc1cccc(Cl)c1. The molecule has 0 saturated carbocycles. The minimum atomic E-state index is -0.966. The van der Waals surface area contributed by atoms with Crippen molar-refractivity contribution in [2.45, 2.75) is 38.1 Å². The molecule has 2 aliphatic rings. The van der Waals surface area contributed by atoms with Crippen LogP contribution in [0.1, 0.15) is 41.1 Å². The Morgan fingerprint density at radius 2 is 1.73 bits per heavy atom. The molecule has 170 valence electrons. The maximum atomic E-state index is 13.9. The lowest BCUT2D eigenvalue weighted by atomic mass is 9.67. The average Bonchev–Trinajstić information content (AvgIpc) is 3.03. The van der Waals surface area contributed by atoms with Crippen LogP contribution < -0.4 is 10.6 Å². The van der Waals surface area contributed by atoms with Crippen molar-refractivity contribution in [1.29, 1.82) is 0 Å². The fourth-order valence-electron chi connectivity index (χ4n) is 4.58. The maximum absolute atomic E-state index is 13.9. The van der Waals surface area contributed by atoms with Crippen molar-refractivity contribution in [2.24, 2.45) is 0 Å². The van der Waals surface area contributed by atoms with Gasteiger partial charge in [0.2, 0.25) is 11.8 Å². The minimum absolute atomic E-state index is 0.144. The van der Waals surface area contributed by atoms with Crippen molar-refractivity contribution < 1.29 is 14.0 Å². The summed E-state index contributed by atoms with van der Waals surface area (Å²) in [6.45, 7) is 3.87. The first-order valence-corrected chi connectivity index (χ1v) is 11.4. The molecule has 4 nitrogen and oxygen atoms in total. The zero-order valence-corrected chi connectivity index (χ0v) is 19.7. The molecule has 5 rings (SSSR count). The standard InChI is InChI=1S/C19H16ClFN2O2.C7H7Cl/c1-10-2-4-12(21)9-13(10)17-19(7-6-16(24)23-17)14-5-3-11(20)8-15(14)22-18(19)25;1-6-3-2-4-7(8)5-6/h2-5,8-9,17H,6-7H2,1H3,(H,22,25)(H,23,24);2-5H,1H3/t17-,19-;/m1./s1. The van der Waals surface area contributed by atoms with E-state index in [2.05, 4.69) is 10.6 Å². The fraction of sp³-hybridized carbons (Fsp3) is 0.231. The number of anilines is 1. The Balaban J connectivity index is 0.000000275. The highest BCUT2D eigenvalue weighted by atomic mass is 35.5. The van der Waals surface area contributed by atoms with Crippen LogP contribution in [0.4, 0.5) is 10.1 Å². The molecule has 3 aromatic rings. The summed E-state index contributed by atoms with van der Waals surface area (Å²) in [5.41, 5.74) is 3.11. The van der Waals surface area contributed by atoms with Gasteiger partial charge in [0.25, 0.3) is 0 Å². The van der Waals surface area contributed by atoms with E-state index in [0.29, 0.717) is 22.7 Å². The number of carbonyl (C=O) groups excluding carboxylic acids is 2. The predicted molar refractivity (Wildman–Crippen MR) is 129 cm³/mol. The molecule has 0 bridgehead atoms. The Hall–Kier alpha value is -2.89. The molecule has 2 atom stereocenters. The third-order valence-electron chi connectivity index (χ3n) is 6.19. The summed E-state index contributed by atoms with van der Waals surface area (Å²) in [4.78, 5) is 25.1. The molecule has 0 radical (unpaired) electrons. The van der Waals surface area contributed by atoms with E-state index in [1.807, 2.05) is 44.2 Å². The van der Waals surface area contributed by atoms with Gasteiger partial charge in [0, 0.05) is 22.2 Å². The van der Waals surface area contributed by atoms with E-state index in [0.717, 1.165) is 16.1 Å². The van der Waals surface area contributed by atoms with E-state index in [-0.39, 0.29) is 18.2 Å². The highest BCUT2D eigenvalue weighted by Gasteiger charge is 2.55. The zero-order chi connectivity index (χ0) is 23.8. The second-order valence-corrected chi connectivity index (χ2v) is 9.29. The Kier molecular flexibility index (Phi) is 6.46. The van der Waals surface area contributed by atoms with Crippen molar-refractivity contribution in [2.75, 3.05) is 5.32 Å². The van der Waals surface area contributed by atoms with Crippen LogP contribution in [-0.2, 0) is 15.0 Å². The summed E-state index contributed by atoms with van der Waals surface area (Å²) in [6, 6.07) is 16.8. The molecule has 2 heterocycles. The zero-order valence-electron chi connectivity index (χ0n) is 18.2. The highest BCUT2D eigenvalue weighted by molar-refractivity contribution is 6.31. The quantitative estimate of drug-likeness (QED) is 0.427. The molecule has 33 heavy (non-hydrogen) atoms. The lowest BCUT2D eigenvalue weighted by molar-refractivity contribution is -0.130. The molecule has 1 saturated heterocycles. The molecule has 2 N–H and O–H groups in total. The first kappa shape index (κ1) is 23.3. The van der Waals surface area contributed by atoms with Gasteiger partial charge >= 0.3 is 0 Å². The van der Waals surface area contributed by atoms with Crippen molar-refractivity contribution in [3.63, 3.8) is 0 Å². The van der Waals surface area contributed by atoms with Crippen molar-refractivity contribution in [3.8, 4) is 0 Å². The third-order valence-corrected chi connectivity index (χ3v) is 6.66. The Morgan fingerprint density at radius 1 is 0.970 bits per heavy atom. The lowest BCUT2D eigenvalue weighted by Crippen LogP contribution is -2.52. The van der Waals surface area contributed by atoms with Gasteiger partial charge in [0.15, 0.2) is 0 Å². The number of halogens is 3. The first-order chi connectivity index (χ1) is 15.7. The summed E-state index contributed by atoms with van der Waals surface area (Å²) in [5.74, 6) is -0.738. The summed E-state index contributed by atoms with van der Waals surface area (Å²) >= 11 is 11.7. The lowest BCUT2D eigenvalue weighted by Gasteiger charge is -2.41. The van der Waals surface area contributed by atoms with Crippen LogP contribution in [0.25, 0.3) is 0 Å².